The lowest BCUT2D eigenvalue weighted by Gasteiger charge is -2.11. The van der Waals surface area contributed by atoms with Crippen LogP contribution in [0, 0.1) is 6.92 Å². The van der Waals surface area contributed by atoms with Gasteiger partial charge in [-0.1, -0.05) is 0 Å². The minimum atomic E-state index is -0.808. The molecule has 1 aromatic rings. The van der Waals surface area contributed by atoms with Gasteiger partial charge in [0.1, 0.15) is 0 Å². The summed E-state index contributed by atoms with van der Waals surface area (Å²) in [5.41, 5.74) is 5.31. The Balaban J connectivity index is 2.97. The predicted octanol–water partition coefficient (Wildman–Crippen LogP) is -0.0641. The molecule has 1 atom stereocenters. The normalized spacial score (nSPS) is 12.1. The van der Waals surface area contributed by atoms with Crippen LogP contribution in [0.15, 0.2) is 17.1 Å². The minimum absolute atomic E-state index is 0.138. The Kier molecular flexibility index (Phi) is 2.91. The van der Waals surface area contributed by atoms with E-state index < -0.39 is 12.0 Å². The number of nitrogens with two attached hydrogens (primary N) is 1. The molecule has 0 spiro atoms. The second-order valence-electron chi connectivity index (χ2n) is 2.96. The minimum Gasteiger partial charge on any atom is -0.475 e. The van der Waals surface area contributed by atoms with Gasteiger partial charge in [0.25, 0.3) is 5.91 Å². The number of ether oxygens (including phenoxy) is 1. The van der Waals surface area contributed by atoms with Crippen LogP contribution in [0.25, 0.3) is 0 Å². The quantitative estimate of drug-likeness (QED) is 0.709. The lowest BCUT2D eigenvalue weighted by atomic mass is 10.3. The van der Waals surface area contributed by atoms with Gasteiger partial charge in [-0.15, -0.1) is 0 Å². The highest BCUT2D eigenvalue weighted by molar-refractivity contribution is 5.78. The number of rotatable bonds is 3. The fraction of sp³-hybridized carbons (Fsp3) is 0.333. The first-order chi connectivity index (χ1) is 6.52. The van der Waals surface area contributed by atoms with Crippen molar-refractivity contribution in [3.8, 4) is 5.75 Å². The van der Waals surface area contributed by atoms with E-state index in [-0.39, 0.29) is 11.2 Å². The van der Waals surface area contributed by atoms with Gasteiger partial charge in [0.2, 0.25) is 5.43 Å². The summed E-state index contributed by atoms with van der Waals surface area (Å²) >= 11 is 0. The molecule has 1 rings (SSSR count). The Hall–Kier alpha value is -1.78. The third-order valence-electron chi connectivity index (χ3n) is 1.79. The van der Waals surface area contributed by atoms with Crippen LogP contribution in [-0.2, 0) is 4.79 Å². The summed E-state index contributed by atoms with van der Waals surface area (Å²) in [6.45, 7) is 3.18. The van der Waals surface area contributed by atoms with Crippen molar-refractivity contribution in [3.05, 3.63) is 28.2 Å². The van der Waals surface area contributed by atoms with Crippen LogP contribution in [0.4, 0.5) is 0 Å². The first-order valence-electron chi connectivity index (χ1n) is 4.16. The lowest BCUT2D eigenvalue weighted by molar-refractivity contribution is -0.124. The second-order valence-corrected chi connectivity index (χ2v) is 2.96. The van der Waals surface area contributed by atoms with E-state index in [0.29, 0.717) is 5.69 Å². The third kappa shape index (κ3) is 2.12. The van der Waals surface area contributed by atoms with Gasteiger partial charge in [-0.25, -0.2) is 0 Å². The number of nitrogens with one attached hydrogen (secondary N) is 1. The van der Waals surface area contributed by atoms with Crippen molar-refractivity contribution in [1.29, 1.82) is 0 Å². The highest BCUT2D eigenvalue weighted by Crippen LogP contribution is 2.09. The van der Waals surface area contributed by atoms with E-state index in [1.54, 1.807) is 6.92 Å². The number of aromatic amines is 1. The van der Waals surface area contributed by atoms with Crippen LogP contribution in [0.1, 0.15) is 12.6 Å². The molecule has 5 heteroatoms. The molecule has 0 aliphatic heterocycles. The Morgan fingerprint density at radius 3 is 2.79 bits per heavy atom. The average molecular weight is 196 g/mol. The maximum atomic E-state index is 11.3. The zero-order chi connectivity index (χ0) is 10.7. The number of aryl methyl sites for hydroxylation is 1. The van der Waals surface area contributed by atoms with E-state index in [0.717, 1.165) is 0 Å². The van der Waals surface area contributed by atoms with Crippen LogP contribution >= 0.6 is 0 Å². The van der Waals surface area contributed by atoms with Crippen molar-refractivity contribution in [2.45, 2.75) is 20.0 Å². The first-order valence-corrected chi connectivity index (χ1v) is 4.16. The highest BCUT2D eigenvalue weighted by atomic mass is 16.5. The molecule has 1 amide bonds. The van der Waals surface area contributed by atoms with Gasteiger partial charge in [0, 0.05) is 12.3 Å². The molecule has 0 aliphatic rings. The molecule has 1 heterocycles. The van der Waals surface area contributed by atoms with Crippen molar-refractivity contribution >= 4 is 5.91 Å². The Morgan fingerprint density at radius 2 is 2.29 bits per heavy atom. The maximum absolute atomic E-state index is 11.3. The number of H-pyrrole nitrogens is 1. The van der Waals surface area contributed by atoms with E-state index in [4.69, 9.17) is 10.5 Å². The predicted molar refractivity (Wildman–Crippen MR) is 51.1 cm³/mol. The maximum Gasteiger partial charge on any atom is 0.258 e. The lowest BCUT2D eigenvalue weighted by Crippen LogP contribution is -2.32. The molecule has 1 unspecified atom stereocenters. The highest BCUT2D eigenvalue weighted by Gasteiger charge is 2.13. The molecule has 0 fully saturated rings. The first kappa shape index (κ1) is 10.3. The van der Waals surface area contributed by atoms with Crippen LogP contribution in [0.2, 0.25) is 0 Å². The Morgan fingerprint density at radius 1 is 1.64 bits per heavy atom. The van der Waals surface area contributed by atoms with Crippen molar-refractivity contribution < 1.29 is 9.53 Å². The third-order valence-corrected chi connectivity index (χ3v) is 1.79. The molecule has 14 heavy (non-hydrogen) atoms. The van der Waals surface area contributed by atoms with Gasteiger partial charge < -0.3 is 15.5 Å². The number of aromatic nitrogens is 1. The van der Waals surface area contributed by atoms with Gasteiger partial charge >= 0.3 is 0 Å². The monoisotopic (exact) mass is 196 g/mol. The molecule has 0 radical (unpaired) electrons. The molecule has 1 aromatic heterocycles. The molecule has 0 saturated carbocycles. The molecular formula is C9H12N2O3. The van der Waals surface area contributed by atoms with Gasteiger partial charge in [-0.05, 0) is 13.8 Å². The van der Waals surface area contributed by atoms with E-state index >= 15 is 0 Å². The molecule has 0 saturated heterocycles. The smallest absolute Gasteiger partial charge is 0.258 e. The van der Waals surface area contributed by atoms with Gasteiger partial charge in [0.15, 0.2) is 11.9 Å². The Bertz CT molecular complexity index is 397. The Labute approximate surface area is 80.9 Å². The summed E-state index contributed by atoms with van der Waals surface area (Å²) in [4.78, 5) is 24.8. The summed E-state index contributed by atoms with van der Waals surface area (Å²) in [6.07, 6.45) is 0.705. The van der Waals surface area contributed by atoms with Crippen molar-refractivity contribution in [2.24, 2.45) is 5.73 Å². The van der Waals surface area contributed by atoms with E-state index in [9.17, 15) is 9.59 Å². The molecule has 5 nitrogen and oxygen atoms in total. The number of amides is 1. The molecule has 3 N–H and O–H groups in total. The zero-order valence-electron chi connectivity index (χ0n) is 8.03. The standard InChI is InChI=1S/C9H12N2O3/c1-5-8(7(12)3-4-11-5)14-6(2)9(10)13/h3-4,6H,1-2H3,(H2,10,13)(H,11,12). The number of primary amides is 1. The molecule has 76 valence electrons. The number of hydrogen-bond donors (Lipinski definition) is 2. The number of hydrogen-bond acceptors (Lipinski definition) is 3. The molecular weight excluding hydrogens is 184 g/mol. The van der Waals surface area contributed by atoms with E-state index in [1.807, 2.05) is 0 Å². The summed E-state index contributed by atoms with van der Waals surface area (Å²) in [7, 11) is 0. The second kappa shape index (κ2) is 3.95. The zero-order valence-corrected chi connectivity index (χ0v) is 8.03. The van der Waals surface area contributed by atoms with Crippen molar-refractivity contribution in [3.63, 3.8) is 0 Å². The average Bonchev–Trinajstić information content (AvgIpc) is 2.11. The summed E-state index contributed by atoms with van der Waals surface area (Å²) in [5.74, 6) is -0.466. The van der Waals surface area contributed by atoms with Crippen molar-refractivity contribution in [2.75, 3.05) is 0 Å². The SMILES string of the molecule is Cc1[nH]ccc(=O)c1OC(C)C(N)=O. The molecule has 0 aromatic carbocycles. The van der Waals surface area contributed by atoms with E-state index in [2.05, 4.69) is 4.98 Å². The largest absolute Gasteiger partial charge is 0.475 e. The number of pyridine rings is 1. The fourth-order valence-electron chi connectivity index (χ4n) is 0.950. The molecule has 0 aliphatic carbocycles. The summed E-state index contributed by atoms with van der Waals surface area (Å²) < 4.78 is 5.12. The van der Waals surface area contributed by atoms with Crippen LogP contribution in [0.5, 0.6) is 5.75 Å². The molecule has 0 bridgehead atoms. The van der Waals surface area contributed by atoms with E-state index in [1.165, 1.54) is 19.2 Å². The van der Waals surface area contributed by atoms with Crippen LogP contribution in [-0.4, -0.2) is 17.0 Å². The van der Waals surface area contributed by atoms with Gasteiger partial charge in [-0.3, -0.25) is 9.59 Å². The topological polar surface area (TPSA) is 85.2 Å². The summed E-state index contributed by atoms with van der Waals surface area (Å²) in [5, 5.41) is 0. The summed E-state index contributed by atoms with van der Waals surface area (Å²) in [6, 6.07) is 1.33. The van der Waals surface area contributed by atoms with Gasteiger partial charge in [-0.2, -0.15) is 0 Å². The van der Waals surface area contributed by atoms with Crippen LogP contribution in [0.3, 0.4) is 0 Å². The van der Waals surface area contributed by atoms with Crippen molar-refractivity contribution in [1.82, 2.24) is 4.98 Å². The number of carbonyl (C=O) groups is 1. The van der Waals surface area contributed by atoms with Crippen LogP contribution < -0.4 is 15.9 Å². The van der Waals surface area contributed by atoms with Gasteiger partial charge in [0.05, 0.1) is 5.69 Å². The number of carbonyl (C=O) groups excluding carboxylic acids is 1. The fourth-order valence-corrected chi connectivity index (χ4v) is 0.950.